The van der Waals surface area contributed by atoms with E-state index in [2.05, 4.69) is 13.8 Å². The third kappa shape index (κ3) is 4.68. The monoisotopic (exact) mass is 300 g/mol. The minimum Gasteiger partial charge on any atom is -0.481 e. The Morgan fingerprint density at radius 2 is 2.05 bits per heavy atom. The zero-order valence-corrected chi connectivity index (χ0v) is 13.2. The Hall–Kier alpha value is -1.14. The number of ether oxygens (including phenoxy) is 1. The fourth-order valence-electron chi connectivity index (χ4n) is 2.87. The molecule has 0 aromatic rings. The Morgan fingerprint density at radius 3 is 2.52 bits per heavy atom. The fourth-order valence-corrected chi connectivity index (χ4v) is 2.87. The van der Waals surface area contributed by atoms with Crippen molar-refractivity contribution >= 4 is 11.9 Å². The van der Waals surface area contributed by atoms with E-state index in [0.717, 1.165) is 12.8 Å². The highest BCUT2D eigenvalue weighted by atomic mass is 16.5. The van der Waals surface area contributed by atoms with Crippen molar-refractivity contribution in [2.45, 2.75) is 39.7 Å². The number of nitrogens with zero attached hydrogens (tertiary/aromatic N) is 1. The van der Waals surface area contributed by atoms with Gasteiger partial charge in [0, 0.05) is 13.1 Å². The molecule has 0 aromatic carbocycles. The van der Waals surface area contributed by atoms with Gasteiger partial charge in [0.05, 0.1) is 25.2 Å². The number of hydrogen-bond donors (Lipinski definition) is 2. The van der Waals surface area contributed by atoms with Crippen LogP contribution in [0.15, 0.2) is 0 Å². The molecule has 3 atom stereocenters. The highest BCUT2D eigenvalue weighted by Gasteiger charge is 2.41. The Kier molecular flexibility index (Phi) is 7.11. The Morgan fingerprint density at radius 1 is 1.38 bits per heavy atom. The van der Waals surface area contributed by atoms with Crippen molar-refractivity contribution in [1.29, 1.82) is 0 Å². The molecule has 3 unspecified atom stereocenters. The third-order valence-electron chi connectivity index (χ3n) is 3.91. The first kappa shape index (κ1) is 17.9. The fraction of sp³-hybridized carbons (Fsp3) is 0.867. The zero-order valence-electron chi connectivity index (χ0n) is 13.2. The maximum Gasteiger partial charge on any atom is 0.311 e. The van der Waals surface area contributed by atoms with Crippen LogP contribution >= 0.6 is 0 Å². The number of carboxylic acid groups (broad SMARTS) is 1. The second kappa shape index (κ2) is 8.34. The second-order valence-corrected chi connectivity index (χ2v) is 6.14. The van der Waals surface area contributed by atoms with E-state index in [1.54, 1.807) is 4.90 Å². The first-order valence-corrected chi connectivity index (χ1v) is 7.73. The lowest BCUT2D eigenvalue weighted by Crippen LogP contribution is -2.50. The van der Waals surface area contributed by atoms with E-state index in [1.165, 1.54) is 0 Å². The predicted octanol–water partition coefficient (Wildman–Crippen LogP) is 0.946. The Balaban J connectivity index is 2.88. The van der Waals surface area contributed by atoms with Crippen molar-refractivity contribution in [2.75, 3.05) is 26.3 Å². The summed E-state index contributed by atoms with van der Waals surface area (Å²) in [5.74, 6) is -1.44. The lowest BCUT2D eigenvalue weighted by Gasteiger charge is -2.33. The van der Waals surface area contributed by atoms with Gasteiger partial charge in [0.1, 0.15) is 5.92 Å². The van der Waals surface area contributed by atoms with E-state index in [-0.39, 0.29) is 24.5 Å². The molecule has 1 saturated heterocycles. The van der Waals surface area contributed by atoms with E-state index in [1.807, 2.05) is 6.92 Å². The van der Waals surface area contributed by atoms with Crippen LogP contribution in [-0.2, 0) is 14.3 Å². The van der Waals surface area contributed by atoms with Crippen molar-refractivity contribution in [2.24, 2.45) is 23.5 Å². The molecule has 6 nitrogen and oxygen atoms in total. The van der Waals surface area contributed by atoms with Crippen LogP contribution in [0.3, 0.4) is 0 Å². The number of nitrogens with two attached hydrogens (primary N) is 1. The molecule has 1 aliphatic heterocycles. The van der Waals surface area contributed by atoms with E-state index >= 15 is 0 Å². The summed E-state index contributed by atoms with van der Waals surface area (Å²) in [5, 5.41) is 9.28. The van der Waals surface area contributed by atoms with Crippen LogP contribution < -0.4 is 5.73 Å². The van der Waals surface area contributed by atoms with E-state index in [9.17, 15) is 14.7 Å². The standard InChI is InChI=1S/C15H28N2O4/c1-4-5-17(13-9-21-8-12(13)15(19)20)14(18)11(7-16)6-10(2)3/h10-13H,4-9,16H2,1-3H3,(H,19,20). The molecule has 1 fully saturated rings. The first-order chi connectivity index (χ1) is 9.92. The maximum absolute atomic E-state index is 12.8. The van der Waals surface area contributed by atoms with Gasteiger partial charge in [-0.3, -0.25) is 9.59 Å². The molecule has 1 heterocycles. The topological polar surface area (TPSA) is 92.9 Å². The molecular weight excluding hydrogens is 272 g/mol. The molecule has 0 aliphatic carbocycles. The number of aliphatic carboxylic acids is 1. The second-order valence-electron chi connectivity index (χ2n) is 6.14. The van der Waals surface area contributed by atoms with Crippen molar-refractivity contribution in [3.05, 3.63) is 0 Å². The maximum atomic E-state index is 12.8. The number of amides is 1. The molecule has 3 N–H and O–H groups in total. The summed E-state index contributed by atoms with van der Waals surface area (Å²) in [6.45, 7) is 7.39. The van der Waals surface area contributed by atoms with Crippen LogP contribution in [0.1, 0.15) is 33.6 Å². The predicted molar refractivity (Wildman–Crippen MR) is 79.7 cm³/mol. The molecule has 0 saturated carbocycles. The summed E-state index contributed by atoms with van der Waals surface area (Å²) in [4.78, 5) is 25.8. The normalized spacial score (nSPS) is 23.3. The molecule has 21 heavy (non-hydrogen) atoms. The van der Waals surface area contributed by atoms with Crippen molar-refractivity contribution in [3.8, 4) is 0 Å². The SMILES string of the molecule is CCCN(C(=O)C(CN)CC(C)C)C1COCC1C(=O)O. The van der Waals surface area contributed by atoms with Crippen LogP contribution in [0, 0.1) is 17.8 Å². The van der Waals surface area contributed by atoms with Gasteiger partial charge in [-0.2, -0.15) is 0 Å². The number of carboxylic acids is 1. The summed E-state index contributed by atoms with van der Waals surface area (Å²) >= 11 is 0. The molecule has 0 aromatic heterocycles. The van der Waals surface area contributed by atoms with Crippen molar-refractivity contribution in [1.82, 2.24) is 4.90 Å². The van der Waals surface area contributed by atoms with Crippen molar-refractivity contribution < 1.29 is 19.4 Å². The lowest BCUT2D eigenvalue weighted by atomic mass is 9.93. The van der Waals surface area contributed by atoms with Gasteiger partial charge < -0.3 is 20.5 Å². The summed E-state index contributed by atoms with van der Waals surface area (Å²) in [7, 11) is 0. The number of rotatable bonds is 8. The minimum absolute atomic E-state index is 0.0326. The molecule has 1 aliphatic rings. The van der Waals surface area contributed by atoms with Gasteiger partial charge in [0.15, 0.2) is 0 Å². The number of carbonyl (C=O) groups excluding carboxylic acids is 1. The van der Waals surface area contributed by atoms with Gasteiger partial charge in [0.2, 0.25) is 5.91 Å². The van der Waals surface area contributed by atoms with Gasteiger partial charge in [-0.25, -0.2) is 0 Å². The van der Waals surface area contributed by atoms with Gasteiger partial charge in [-0.05, 0) is 18.8 Å². The minimum atomic E-state index is -0.903. The Labute approximate surface area is 126 Å². The summed E-state index contributed by atoms with van der Waals surface area (Å²) in [6, 6.07) is -0.379. The van der Waals surface area contributed by atoms with Crippen LogP contribution in [0.25, 0.3) is 0 Å². The molecule has 122 valence electrons. The highest BCUT2D eigenvalue weighted by Crippen LogP contribution is 2.24. The van der Waals surface area contributed by atoms with Crippen LogP contribution in [-0.4, -0.2) is 54.2 Å². The summed E-state index contributed by atoms with van der Waals surface area (Å²) in [5.41, 5.74) is 5.75. The highest BCUT2D eigenvalue weighted by molar-refractivity contribution is 5.81. The van der Waals surface area contributed by atoms with E-state index in [4.69, 9.17) is 10.5 Å². The molecule has 1 rings (SSSR count). The number of hydrogen-bond acceptors (Lipinski definition) is 4. The Bertz CT molecular complexity index is 360. The molecule has 0 bridgehead atoms. The quantitative estimate of drug-likeness (QED) is 0.696. The van der Waals surface area contributed by atoms with Crippen LogP contribution in [0.2, 0.25) is 0 Å². The molecule has 6 heteroatoms. The molecule has 1 amide bonds. The summed E-state index contributed by atoms with van der Waals surface area (Å²) in [6.07, 6.45) is 1.51. The van der Waals surface area contributed by atoms with Crippen molar-refractivity contribution in [3.63, 3.8) is 0 Å². The average molecular weight is 300 g/mol. The van der Waals surface area contributed by atoms with Gasteiger partial charge in [-0.1, -0.05) is 20.8 Å². The lowest BCUT2D eigenvalue weighted by molar-refractivity contribution is -0.146. The van der Waals surface area contributed by atoms with E-state index < -0.39 is 11.9 Å². The molecule has 0 radical (unpaired) electrons. The average Bonchev–Trinajstić information content (AvgIpc) is 2.90. The first-order valence-electron chi connectivity index (χ1n) is 7.73. The zero-order chi connectivity index (χ0) is 16.0. The number of carbonyl (C=O) groups is 2. The van der Waals surface area contributed by atoms with E-state index in [0.29, 0.717) is 25.6 Å². The van der Waals surface area contributed by atoms with Gasteiger partial charge in [0.25, 0.3) is 0 Å². The van der Waals surface area contributed by atoms with Gasteiger partial charge >= 0.3 is 5.97 Å². The van der Waals surface area contributed by atoms with Crippen LogP contribution in [0.5, 0.6) is 0 Å². The third-order valence-corrected chi connectivity index (χ3v) is 3.91. The smallest absolute Gasteiger partial charge is 0.311 e. The molecule has 0 spiro atoms. The largest absolute Gasteiger partial charge is 0.481 e. The molecular formula is C15H28N2O4. The van der Waals surface area contributed by atoms with Gasteiger partial charge in [-0.15, -0.1) is 0 Å². The van der Waals surface area contributed by atoms with Crippen LogP contribution in [0.4, 0.5) is 0 Å². The summed E-state index contributed by atoms with van der Waals surface area (Å²) < 4.78 is 5.30.